The molecule has 0 unspecified atom stereocenters. The van der Waals surface area contributed by atoms with E-state index >= 15 is 0 Å². The van der Waals surface area contributed by atoms with Crippen molar-refractivity contribution in [3.8, 4) is 0 Å². The molecule has 0 radical (unpaired) electrons. The molecular weight excluding hydrogens is 352 g/mol. The predicted molar refractivity (Wildman–Crippen MR) is 102 cm³/mol. The second kappa shape index (κ2) is 6.72. The average Bonchev–Trinajstić information content (AvgIpc) is 2.56. The number of sulfonamides is 1. The van der Waals surface area contributed by atoms with Gasteiger partial charge in [-0.15, -0.1) is 0 Å². The Labute approximate surface area is 151 Å². The maximum Gasteiger partial charge on any atom is 0.255 e. The first kappa shape index (κ1) is 17.8. The molecule has 2 aromatic carbocycles. The van der Waals surface area contributed by atoms with Gasteiger partial charge in [0.2, 0.25) is 10.0 Å². The number of aromatic nitrogens is 2. The van der Waals surface area contributed by atoms with Crippen LogP contribution in [0, 0.1) is 13.8 Å². The highest BCUT2D eigenvalue weighted by atomic mass is 32.2. The molecule has 0 aliphatic carbocycles. The second-order valence-corrected chi connectivity index (χ2v) is 7.75. The maximum atomic E-state index is 12.5. The van der Waals surface area contributed by atoms with Crippen molar-refractivity contribution in [2.45, 2.75) is 13.8 Å². The van der Waals surface area contributed by atoms with Gasteiger partial charge in [-0.1, -0.05) is 0 Å². The van der Waals surface area contributed by atoms with E-state index in [1.807, 2.05) is 13.8 Å². The van der Waals surface area contributed by atoms with E-state index in [9.17, 15) is 13.2 Å². The van der Waals surface area contributed by atoms with E-state index in [2.05, 4.69) is 20.0 Å². The summed E-state index contributed by atoms with van der Waals surface area (Å²) >= 11 is 0. The molecule has 26 heavy (non-hydrogen) atoms. The van der Waals surface area contributed by atoms with Gasteiger partial charge in [-0.2, -0.15) is 0 Å². The Morgan fingerprint density at radius 2 is 1.46 bits per heavy atom. The molecule has 0 bridgehead atoms. The third-order valence-corrected chi connectivity index (χ3v) is 4.39. The molecule has 134 valence electrons. The Bertz CT molecular complexity index is 1090. The Morgan fingerprint density at radius 3 is 2.08 bits per heavy atom. The lowest BCUT2D eigenvalue weighted by Crippen LogP contribution is -2.12. The quantitative estimate of drug-likeness (QED) is 0.735. The molecule has 1 aromatic heterocycles. The monoisotopic (exact) mass is 370 g/mol. The van der Waals surface area contributed by atoms with Crippen LogP contribution in [0.1, 0.15) is 21.7 Å². The number of nitrogens with zero attached hydrogens (tertiary/aromatic N) is 2. The standard InChI is InChI=1S/C18H18N4O3S/c1-11-12(2)20-17-10-13(4-9-16(17)19-11)18(23)21-14-5-7-15(8-6-14)22-26(3,24)25/h4-10,22H,1-3H3,(H,21,23). The minimum atomic E-state index is -3.33. The summed E-state index contributed by atoms with van der Waals surface area (Å²) in [6, 6.07) is 11.6. The fourth-order valence-corrected chi connectivity index (χ4v) is 2.98. The Morgan fingerprint density at radius 1 is 0.885 bits per heavy atom. The number of amides is 1. The topological polar surface area (TPSA) is 101 Å². The highest BCUT2D eigenvalue weighted by Gasteiger charge is 2.10. The van der Waals surface area contributed by atoms with Crippen LogP contribution in [0.5, 0.6) is 0 Å². The summed E-state index contributed by atoms with van der Waals surface area (Å²) in [6.45, 7) is 3.77. The van der Waals surface area contributed by atoms with Gasteiger partial charge < -0.3 is 5.32 Å². The van der Waals surface area contributed by atoms with E-state index in [1.54, 1.807) is 42.5 Å². The number of hydrogen-bond acceptors (Lipinski definition) is 5. The van der Waals surface area contributed by atoms with Gasteiger partial charge in [0, 0.05) is 16.9 Å². The van der Waals surface area contributed by atoms with Crippen LogP contribution >= 0.6 is 0 Å². The smallest absolute Gasteiger partial charge is 0.255 e. The highest BCUT2D eigenvalue weighted by Crippen LogP contribution is 2.18. The minimum Gasteiger partial charge on any atom is -0.322 e. The first-order valence-corrected chi connectivity index (χ1v) is 9.75. The molecule has 0 aliphatic rings. The zero-order valence-corrected chi connectivity index (χ0v) is 15.4. The normalized spacial score (nSPS) is 11.3. The number of nitrogens with one attached hydrogen (secondary N) is 2. The number of aryl methyl sites for hydroxylation is 2. The summed E-state index contributed by atoms with van der Waals surface area (Å²) in [5, 5.41) is 2.77. The lowest BCUT2D eigenvalue weighted by atomic mass is 10.1. The first-order chi connectivity index (χ1) is 12.2. The molecule has 0 aliphatic heterocycles. The summed E-state index contributed by atoms with van der Waals surface area (Å²) < 4.78 is 24.8. The van der Waals surface area contributed by atoms with Gasteiger partial charge in [0.05, 0.1) is 28.7 Å². The summed E-state index contributed by atoms with van der Waals surface area (Å²) in [4.78, 5) is 21.4. The van der Waals surface area contributed by atoms with Crippen LogP contribution in [0.25, 0.3) is 11.0 Å². The molecule has 0 atom stereocenters. The largest absolute Gasteiger partial charge is 0.322 e. The Balaban J connectivity index is 1.79. The number of hydrogen-bond donors (Lipinski definition) is 2. The molecule has 1 amide bonds. The van der Waals surface area contributed by atoms with Crippen LogP contribution in [0.4, 0.5) is 11.4 Å². The van der Waals surface area contributed by atoms with Crippen molar-refractivity contribution in [2.75, 3.05) is 16.3 Å². The number of fused-ring (bicyclic) bond motifs is 1. The predicted octanol–water partition coefficient (Wildman–Crippen LogP) is 2.87. The van der Waals surface area contributed by atoms with Crippen LogP contribution in [0.3, 0.4) is 0 Å². The van der Waals surface area contributed by atoms with E-state index in [0.717, 1.165) is 23.2 Å². The van der Waals surface area contributed by atoms with Crippen LogP contribution in [-0.2, 0) is 10.0 Å². The summed E-state index contributed by atoms with van der Waals surface area (Å²) in [6.07, 6.45) is 1.08. The fourth-order valence-electron chi connectivity index (χ4n) is 2.41. The maximum absolute atomic E-state index is 12.5. The van der Waals surface area contributed by atoms with Crippen molar-refractivity contribution in [1.82, 2.24) is 9.97 Å². The zero-order valence-electron chi connectivity index (χ0n) is 14.6. The van der Waals surface area contributed by atoms with Gasteiger partial charge >= 0.3 is 0 Å². The van der Waals surface area contributed by atoms with Crippen LogP contribution in [0.15, 0.2) is 42.5 Å². The number of benzene rings is 2. The molecule has 1 heterocycles. The first-order valence-electron chi connectivity index (χ1n) is 7.85. The third-order valence-electron chi connectivity index (χ3n) is 3.78. The van der Waals surface area contributed by atoms with E-state index < -0.39 is 10.0 Å². The molecule has 3 aromatic rings. The molecule has 8 heteroatoms. The number of rotatable bonds is 4. The second-order valence-electron chi connectivity index (χ2n) is 6.00. The summed E-state index contributed by atoms with van der Waals surface area (Å²) in [7, 11) is -3.33. The molecule has 0 saturated carbocycles. The average molecular weight is 370 g/mol. The van der Waals surface area contributed by atoms with E-state index in [1.165, 1.54) is 0 Å². The van der Waals surface area contributed by atoms with Gasteiger partial charge in [0.15, 0.2) is 0 Å². The Kier molecular flexibility index (Phi) is 4.60. The van der Waals surface area contributed by atoms with E-state index in [-0.39, 0.29) is 5.91 Å². The van der Waals surface area contributed by atoms with E-state index in [0.29, 0.717) is 22.5 Å². The lowest BCUT2D eigenvalue weighted by molar-refractivity contribution is 0.102. The number of anilines is 2. The fraction of sp³-hybridized carbons (Fsp3) is 0.167. The number of carbonyl (C=O) groups is 1. The van der Waals surface area contributed by atoms with Crippen molar-refractivity contribution < 1.29 is 13.2 Å². The lowest BCUT2D eigenvalue weighted by Gasteiger charge is -2.08. The molecule has 3 rings (SSSR count). The minimum absolute atomic E-state index is 0.282. The Hall–Kier alpha value is -3.00. The summed E-state index contributed by atoms with van der Waals surface area (Å²) in [5.41, 5.74) is 4.53. The van der Waals surface area contributed by atoms with Gasteiger partial charge in [0.25, 0.3) is 5.91 Å². The van der Waals surface area contributed by atoms with E-state index in [4.69, 9.17) is 0 Å². The van der Waals surface area contributed by atoms with Crippen LogP contribution < -0.4 is 10.0 Å². The highest BCUT2D eigenvalue weighted by molar-refractivity contribution is 7.92. The zero-order chi connectivity index (χ0) is 18.9. The number of carbonyl (C=O) groups excluding carboxylic acids is 1. The molecule has 2 N–H and O–H groups in total. The van der Waals surface area contributed by atoms with Gasteiger partial charge in [-0.3, -0.25) is 9.52 Å². The van der Waals surface area contributed by atoms with Crippen molar-refractivity contribution in [3.63, 3.8) is 0 Å². The molecule has 0 spiro atoms. The molecule has 0 saturated heterocycles. The van der Waals surface area contributed by atoms with Gasteiger partial charge in [-0.25, -0.2) is 18.4 Å². The van der Waals surface area contributed by atoms with Gasteiger partial charge in [-0.05, 0) is 56.3 Å². The van der Waals surface area contributed by atoms with Crippen LogP contribution in [-0.4, -0.2) is 30.5 Å². The van der Waals surface area contributed by atoms with Crippen molar-refractivity contribution in [3.05, 3.63) is 59.4 Å². The SMILES string of the molecule is Cc1nc2ccc(C(=O)Nc3ccc(NS(C)(=O)=O)cc3)cc2nc1C. The summed E-state index contributed by atoms with van der Waals surface area (Å²) in [5.74, 6) is -0.282. The molecular formula is C18H18N4O3S. The van der Waals surface area contributed by atoms with Crippen molar-refractivity contribution in [1.29, 1.82) is 0 Å². The molecule has 7 nitrogen and oxygen atoms in total. The van der Waals surface area contributed by atoms with Crippen molar-refractivity contribution >= 4 is 38.3 Å². The third kappa shape index (κ3) is 4.15. The van der Waals surface area contributed by atoms with Gasteiger partial charge in [0.1, 0.15) is 0 Å². The van der Waals surface area contributed by atoms with Crippen LogP contribution in [0.2, 0.25) is 0 Å². The molecule has 0 fully saturated rings. The van der Waals surface area contributed by atoms with Crippen molar-refractivity contribution in [2.24, 2.45) is 0 Å².